The Morgan fingerprint density at radius 2 is 1.81 bits per heavy atom. The highest BCUT2D eigenvalue weighted by atomic mass is 16.1. The van der Waals surface area contributed by atoms with Gasteiger partial charge in [-0.2, -0.15) is 0 Å². The maximum absolute atomic E-state index is 12.3. The van der Waals surface area contributed by atoms with E-state index in [0.717, 1.165) is 32.4 Å². The van der Waals surface area contributed by atoms with Crippen LogP contribution < -0.4 is 10.6 Å². The monoisotopic (exact) mass is 288 g/mol. The molecule has 3 nitrogen and oxygen atoms in total. The number of carbonyl (C=O) groups is 1. The Hall–Kier alpha value is -1.35. The van der Waals surface area contributed by atoms with Gasteiger partial charge in [0, 0.05) is 5.92 Å². The van der Waals surface area contributed by atoms with Crippen molar-refractivity contribution in [3.8, 4) is 0 Å². The van der Waals surface area contributed by atoms with Crippen LogP contribution >= 0.6 is 0 Å². The van der Waals surface area contributed by atoms with E-state index in [1.54, 1.807) is 0 Å². The lowest BCUT2D eigenvalue weighted by molar-refractivity contribution is -0.126. The largest absolute Gasteiger partial charge is 0.349 e. The molecule has 1 fully saturated rings. The van der Waals surface area contributed by atoms with Crippen molar-refractivity contribution in [1.29, 1.82) is 0 Å². The highest BCUT2D eigenvalue weighted by Crippen LogP contribution is 2.18. The van der Waals surface area contributed by atoms with Crippen molar-refractivity contribution in [1.82, 2.24) is 10.6 Å². The van der Waals surface area contributed by atoms with Crippen molar-refractivity contribution in [3.05, 3.63) is 35.4 Å². The SMILES string of the molecule is CC(C)Cc1ccc(C(C)NC(=O)C2CCNCC2)cc1. The molecule has 0 aromatic heterocycles. The van der Waals surface area contributed by atoms with E-state index in [2.05, 4.69) is 55.7 Å². The lowest BCUT2D eigenvalue weighted by Crippen LogP contribution is -2.39. The minimum Gasteiger partial charge on any atom is -0.349 e. The Balaban J connectivity index is 1.90. The first-order valence-electron chi connectivity index (χ1n) is 8.16. The van der Waals surface area contributed by atoms with E-state index < -0.39 is 0 Å². The van der Waals surface area contributed by atoms with Gasteiger partial charge in [-0.3, -0.25) is 4.79 Å². The Labute approximate surface area is 128 Å². The summed E-state index contributed by atoms with van der Waals surface area (Å²) in [5.74, 6) is 1.05. The van der Waals surface area contributed by atoms with Crippen molar-refractivity contribution in [2.45, 2.75) is 46.1 Å². The van der Waals surface area contributed by atoms with E-state index in [1.165, 1.54) is 11.1 Å². The molecule has 1 saturated heterocycles. The Morgan fingerprint density at radius 1 is 1.19 bits per heavy atom. The number of hydrogen-bond acceptors (Lipinski definition) is 2. The summed E-state index contributed by atoms with van der Waals surface area (Å²) in [6.07, 6.45) is 3.01. The van der Waals surface area contributed by atoms with Gasteiger partial charge in [0.15, 0.2) is 0 Å². The quantitative estimate of drug-likeness (QED) is 0.874. The van der Waals surface area contributed by atoms with Crippen LogP contribution in [0.15, 0.2) is 24.3 Å². The third-order valence-electron chi connectivity index (χ3n) is 4.19. The Morgan fingerprint density at radius 3 is 2.38 bits per heavy atom. The van der Waals surface area contributed by atoms with E-state index in [-0.39, 0.29) is 17.9 Å². The van der Waals surface area contributed by atoms with E-state index in [4.69, 9.17) is 0 Å². The van der Waals surface area contributed by atoms with Crippen LogP contribution in [0.5, 0.6) is 0 Å². The summed E-state index contributed by atoms with van der Waals surface area (Å²) >= 11 is 0. The summed E-state index contributed by atoms with van der Waals surface area (Å²) in [5, 5.41) is 6.46. The average Bonchev–Trinajstić information content (AvgIpc) is 2.48. The molecule has 2 N–H and O–H groups in total. The van der Waals surface area contributed by atoms with Gasteiger partial charge in [0.25, 0.3) is 0 Å². The molecule has 1 atom stereocenters. The van der Waals surface area contributed by atoms with E-state index in [9.17, 15) is 4.79 Å². The van der Waals surface area contributed by atoms with Gasteiger partial charge in [0.1, 0.15) is 0 Å². The molecule has 1 aliphatic rings. The molecule has 0 aliphatic carbocycles. The number of benzene rings is 1. The summed E-state index contributed by atoms with van der Waals surface area (Å²) < 4.78 is 0. The predicted molar refractivity (Wildman–Crippen MR) is 87.1 cm³/mol. The molecular weight excluding hydrogens is 260 g/mol. The minimum atomic E-state index is 0.0838. The van der Waals surface area contributed by atoms with Crippen LogP contribution in [0.25, 0.3) is 0 Å². The first-order chi connectivity index (χ1) is 10.1. The fourth-order valence-corrected chi connectivity index (χ4v) is 2.91. The van der Waals surface area contributed by atoms with Gasteiger partial charge in [0.2, 0.25) is 5.91 Å². The average molecular weight is 288 g/mol. The van der Waals surface area contributed by atoms with Gasteiger partial charge in [-0.25, -0.2) is 0 Å². The topological polar surface area (TPSA) is 41.1 Å². The van der Waals surface area contributed by atoms with Crippen molar-refractivity contribution in [2.24, 2.45) is 11.8 Å². The van der Waals surface area contributed by atoms with Crippen LogP contribution in [0.2, 0.25) is 0 Å². The smallest absolute Gasteiger partial charge is 0.223 e. The third-order valence-corrected chi connectivity index (χ3v) is 4.19. The molecule has 1 unspecified atom stereocenters. The number of carbonyl (C=O) groups excluding carboxylic acids is 1. The van der Waals surface area contributed by atoms with Crippen molar-refractivity contribution < 1.29 is 4.79 Å². The molecule has 0 bridgehead atoms. The number of amides is 1. The Bertz CT molecular complexity index is 447. The fraction of sp³-hybridized carbons (Fsp3) is 0.611. The Kier molecular flexibility index (Phi) is 5.80. The van der Waals surface area contributed by atoms with Crippen molar-refractivity contribution in [3.63, 3.8) is 0 Å². The molecule has 1 aliphatic heterocycles. The maximum atomic E-state index is 12.3. The van der Waals surface area contributed by atoms with E-state index in [0.29, 0.717) is 5.92 Å². The molecule has 2 rings (SSSR count). The number of piperidine rings is 1. The summed E-state index contributed by atoms with van der Waals surface area (Å²) in [5.41, 5.74) is 2.55. The second kappa shape index (κ2) is 7.60. The lowest BCUT2D eigenvalue weighted by Gasteiger charge is -2.24. The number of rotatable bonds is 5. The molecule has 21 heavy (non-hydrogen) atoms. The lowest BCUT2D eigenvalue weighted by atomic mass is 9.96. The molecule has 0 radical (unpaired) electrons. The van der Waals surface area contributed by atoms with Crippen LogP contribution in [-0.4, -0.2) is 19.0 Å². The highest BCUT2D eigenvalue weighted by molar-refractivity contribution is 5.79. The van der Waals surface area contributed by atoms with Crippen molar-refractivity contribution >= 4 is 5.91 Å². The minimum absolute atomic E-state index is 0.0838. The molecule has 0 spiro atoms. The normalized spacial score (nSPS) is 17.7. The third kappa shape index (κ3) is 4.85. The van der Waals surface area contributed by atoms with Crippen molar-refractivity contribution in [2.75, 3.05) is 13.1 Å². The highest BCUT2D eigenvalue weighted by Gasteiger charge is 2.22. The van der Waals surface area contributed by atoms with Gasteiger partial charge in [-0.05, 0) is 56.3 Å². The second-order valence-corrected chi connectivity index (χ2v) is 6.59. The van der Waals surface area contributed by atoms with Gasteiger partial charge >= 0.3 is 0 Å². The van der Waals surface area contributed by atoms with Crippen LogP contribution in [0.3, 0.4) is 0 Å². The molecule has 3 heteroatoms. The van der Waals surface area contributed by atoms with Gasteiger partial charge < -0.3 is 10.6 Å². The van der Waals surface area contributed by atoms with Gasteiger partial charge in [-0.15, -0.1) is 0 Å². The standard InChI is InChI=1S/C18H28N2O/c1-13(2)12-15-4-6-16(7-5-15)14(3)20-18(21)17-8-10-19-11-9-17/h4-7,13-14,17,19H,8-12H2,1-3H3,(H,20,21). The predicted octanol–water partition coefficient (Wildman–Crippen LogP) is 3.06. The molecule has 116 valence electrons. The van der Waals surface area contributed by atoms with Crippen LogP contribution in [-0.2, 0) is 11.2 Å². The summed E-state index contributed by atoms with van der Waals surface area (Å²) in [6, 6.07) is 8.74. The fourth-order valence-electron chi connectivity index (χ4n) is 2.91. The van der Waals surface area contributed by atoms with E-state index in [1.807, 2.05) is 0 Å². The van der Waals surface area contributed by atoms with Gasteiger partial charge in [0.05, 0.1) is 6.04 Å². The first kappa shape index (κ1) is 16.0. The van der Waals surface area contributed by atoms with Crippen LogP contribution in [0.4, 0.5) is 0 Å². The van der Waals surface area contributed by atoms with Crippen LogP contribution in [0.1, 0.15) is 50.8 Å². The molecule has 1 aromatic carbocycles. The zero-order chi connectivity index (χ0) is 15.2. The number of nitrogens with one attached hydrogen (secondary N) is 2. The van der Waals surface area contributed by atoms with Crippen LogP contribution in [0, 0.1) is 11.8 Å². The molecule has 1 aromatic rings. The summed E-state index contributed by atoms with van der Waals surface area (Å²) in [7, 11) is 0. The maximum Gasteiger partial charge on any atom is 0.223 e. The molecule has 0 saturated carbocycles. The number of hydrogen-bond donors (Lipinski definition) is 2. The van der Waals surface area contributed by atoms with E-state index >= 15 is 0 Å². The molecule has 1 heterocycles. The van der Waals surface area contributed by atoms with Gasteiger partial charge in [-0.1, -0.05) is 38.1 Å². The molecular formula is C18H28N2O. The zero-order valence-electron chi connectivity index (χ0n) is 13.5. The molecule has 1 amide bonds. The first-order valence-corrected chi connectivity index (χ1v) is 8.16. The second-order valence-electron chi connectivity index (χ2n) is 6.59. The summed E-state index contributed by atoms with van der Waals surface area (Å²) in [4.78, 5) is 12.3. The summed E-state index contributed by atoms with van der Waals surface area (Å²) in [6.45, 7) is 8.44. The zero-order valence-corrected chi connectivity index (χ0v) is 13.5.